The number of aromatic nitrogens is 1. The van der Waals surface area contributed by atoms with Crippen LogP contribution in [0.15, 0.2) is 0 Å². The van der Waals surface area contributed by atoms with E-state index in [1.807, 2.05) is 11.3 Å². The Hall–Kier alpha value is -0.370. The van der Waals surface area contributed by atoms with Crippen molar-refractivity contribution < 1.29 is 0 Å². The molecule has 0 amide bonds. The van der Waals surface area contributed by atoms with Gasteiger partial charge in [0.15, 0.2) is 0 Å². The highest BCUT2D eigenvalue weighted by atomic mass is 32.1. The summed E-state index contributed by atoms with van der Waals surface area (Å²) in [5.74, 6) is 0.769. The van der Waals surface area contributed by atoms with Crippen molar-refractivity contribution in [2.45, 2.75) is 40.5 Å². The van der Waals surface area contributed by atoms with Crippen LogP contribution in [-0.2, 0) is 6.42 Å². The molecule has 1 rings (SSSR count). The van der Waals surface area contributed by atoms with E-state index in [1.54, 1.807) is 0 Å². The van der Waals surface area contributed by atoms with Gasteiger partial charge in [-0.25, -0.2) is 4.98 Å². The summed E-state index contributed by atoms with van der Waals surface area (Å²) in [6.45, 7) is 8.77. The Balaban J connectivity index is 2.68. The molecule has 1 heterocycles. The van der Waals surface area contributed by atoms with E-state index in [2.05, 4.69) is 32.7 Å². The summed E-state index contributed by atoms with van der Waals surface area (Å²) in [6, 6.07) is 0. The minimum Gasteiger partial charge on any atom is -0.246 e. The highest BCUT2D eigenvalue weighted by Gasteiger charge is 2.07. The van der Waals surface area contributed by atoms with Crippen molar-refractivity contribution in [1.29, 1.82) is 0 Å². The number of hydrogen-bond donors (Lipinski definition) is 0. The zero-order valence-electron chi connectivity index (χ0n) is 8.35. The van der Waals surface area contributed by atoms with Crippen molar-refractivity contribution in [2.24, 2.45) is 5.92 Å². The maximum absolute atomic E-state index is 4.52. The third-order valence-electron chi connectivity index (χ3n) is 2.24. The smallest absolute Gasteiger partial charge is 0.0900 e. The van der Waals surface area contributed by atoms with E-state index in [9.17, 15) is 0 Å². The molecule has 2 heteroatoms. The van der Waals surface area contributed by atoms with Crippen LogP contribution in [0.1, 0.15) is 35.8 Å². The average Bonchev–Trinajstić information content (AvgIpc) is 2.30. The molecule has 68 valence electrons. The maximum Gasteiger partial charge on any atom is 0.0900 e. The van der Waals surface area contributed by atoms with Gasteiger partial charge >= 0.3 is 0 Å². The van der Waals surface area contributed by atoms with Crippen molar-refractivity contribution >= 4 is 11.3 Å². The topological polar surface area (TPSA) is 12.9 Å². The zero-order valence-corrected chi connectivity index (χ0v) is 9.16. The van der Waals surface area contributed by atoms with Gasteiger partial charge < -0.3 is 0 Å². The van der Waals surface area contributed by atoms with E-state index >= 15 is 0 Å². The Bertz CT molecular complexity index is 252. The molecule has 0 saturated heterocycles. The molecule has 0 bridgehead atoms. The van der Waals surface area contributed by atoms with Gasteiger partial charge in [0.1, 0.15) is 0 Å². The predicted octanol–water partition coefficient (Wildman–Crippen LogP) is 3.35. The second-order valence-electron chi connectivity index (χ2n) is 3.45. The van der Waals surface area contributed by atoms with Crippen LogP contribution in [0.3, 0.4) is 0 Å². The van der Waals surface area contributed by atoms with Crippen LogP contribution in [0.2, 0.25) is 0 Å². The summed E-state index contributed by atoms with van der Waals surface area (Å²) >= 11 is 1.81. The lowest BCUT2D eigenvalue weighted by Crippen LogP contribution is -1.99. The van der Waals surface area contributed by atoms with Gasteiger partial charge in [0.2, 0.25) is 0 Å². The van der Waals surface area contributed by atoms with Crippen LogP contribution in [0.4, 0.5) is 0 Å². The molecule has 0 aliphatic rings. The van der Waals surface area contributed by atoms with Crippen LogP contribution in [0.5, 0.6) is 0 Å². The Morgan fingerprint density at radius 2 is 2.08 bits per heavy atom. The Morgan fingerprint density at radius 3 is 2.50 bits per heavy atom. The van der Waals surface area contributed by atoms with Gasteiger partial charge in [-0.3, -0.25) is 0 Å². The number of nitrogens with zero attached hydrogens (tertiary/aromatic N) is 1. The molecule has 0 spiro atoms. The van der Waals surface area contributed by atoms with Crippen LogP contribution in [-0.4, -0.2) is 4.98 Å². The van der Waals surface area contributed by atoms with E-state index in [0.29, 0.717) is 0 Å². The SMILES string of the molecule is CCC(C)Cc1nc(C)sc1C. The summed E-state index contributed by atoms with van der Waals surface area (Å²) < 4.78 is 0. The Kier molecular flexibility index (Phi) is 3.27. The molecule has 1 aromatic heterocycles. The van der Waals surface area contributed by atoms with E-state index in [4.69, 9.17) is 0 Å². The van der Waals surface area contributed by atoms with Crippen LogP contribution >= 0.6 is 11.3 Å². The summed E-state index contributed by atoms with van der Waals surface area (Å²) in [6.07, 6.45) is 2.39. The minimum absolute atomic E-state index is 0.769. The molecule has 0 fully saturated rings. The molecular formula is C10H17NS. The predicted molar refractivity (Wildman–Crippen MR) is 54.7 cm³/mol. The van der Waals surface area contributed by atoms with Gasteiger partial charge in [0.05, 0.1) is 10.7 Å². The molecule has 1 atom stereocenters. The molecule has 1 unspecified atom stereocenters. The molecular weight excluding hydrogens is 166 g/mol. The summed E-state index contributed by atoms with van der Waals surface area (Å²) in [5.41, 5.74) is 1.31. The number of hydrogen-bond acceptors (Lipinski definition) is 2. The third kappa shape index (κ3) is 2.31. The average molecular weight is 183 g/mol. The highest BCUT2D eigenvalue weighted by Crippen LogP contribution is 2.20. The second kappa shape index (κ2) is 4.04. The molecule has 0 aliphatic heterocycles. The second-order valence-corrected chi connectivity index (χ2v) is 4.86. The highest BCUT2D eigenvalue weighted by molar-refractivity contribution is 7.11. The van der Waals surface area contributed by atoms with Crippen molar-refractivity contribution in [3.8, 4) is 0 Å². The van der Waals surface area contributed by atoms with E-state index in [1.165, 1.54) is 22.0 Å². The van der Waals surface area contributed by atoms with Gasteiger partial charge in [-0.2, -0.15) is 0 Å². The normalized spacial score (nSPS) is 13.3. The summed E-state index contributed by atoms with van der Waals surface area (Å²) in [4.78, 5) is 5.91. The maximum atomic E-state index is 4.52. The molecule has 0 aliphatic carbocycles. The summed E-state index contributed by atoms with van der Waals surface area (Å²) in [5, 5.41) is 1.20. The number of aryl methyl sites for hydroxylation is 2. The fourth-order valence-electron chi connectivity index (χ4n) is 1.24. The van der Waals surface area contributed by atoms with E-state index in [0.717, 1.165) is 12.3 Å². The fourth-order valence-corrected chi connectivity index (χ4v) is 2.08. The summed E-state index contributed by atoms with van der Waals surface area (Å²) in [7, 11) is 0. The number of rotatable bonds is 3. The van der Waals surface area contributed by atoms with Gasteiger partial charge in [-0.05, 0) is 26.2 Å². The van der Waals surface area contributed by atoms with Crippen molar-refractivity contribution in [3.63, 3.8) is 0 Å². The largest absolute Gasteiger partial charge is 0.246 e. The van der Waals surface area contributed by atoms with Gasteiger partial charge in [0, 0.05) is 4.88 Å². The first-order valence-electron chi connectivity index (χ1n) is 4.56. The van der Waals surface area contributed by atoms with Crippen molar-refractivity contribution in [2.75, 3.05) is 0 Å². The monoisotopic (exact) mass is 183 g/mol. The fraction of sp³-hybridized carbons (Fsp3) is 0.700. The van der Waals surface area contributed by atoms with Crippen molar-refractivity contribution in [1.82, 2.24) is 4.98 Å². The van der Waals surface area contributed by atoms with Crippen LogP contribution in [0.25, 0.3) is 0 Å². The molecule has 12 heavy (non-hydrogen) atoms. The Morgan fingerprint density at radius 1 is 1.42 bits per heavy atom. The lowest BCUT2D eigenvalue weighted by Gasteiger charge is -2.05. The van der Waals surface area contributed by atoms with Crippen LogP contribution < -0.4 is 0 Å². The Labute approximate surface area is 78.8 Å². The van der Waals surface area contributed by atoms with E-state index < -0.39 is 0 Å². The quantitative estimate of drug-likeness (QED) is 0.700. The van der Waals surface area contributed by atoms with Crippen molar-refractivity contribution in [3.05, 3.63) is 15.6 Å². The molecule has 0 radical (unpaired) electrons. The standard InChI is InChI=1S/C10H17NS/c1-5-7(2)6-10-8(3)12-9(4)11-10/h7H,5-6H2,1-4H3. The first-order chi connectivity index (χ1) is 5.63. The third-order valence-corrected chi connectivity index (χ3v) is 3.17. The van der Waals surface area contributed by atoms with Crippen LogP contribution in [0, 0.1) is 19.8 Å². The zero-order chi connectivity index (χ0) is 9.14. The lowest BCUT2D eigenvalue weighted by molar-refractivity contribution is 0.552. The van der Waals surface area contributed by atoms with E-state index in [-0.39, 0.29) is 0 Å². The van der Waals surface area contributed by atoms with Gasteiger partial charge in [-0.15, -0.1) is 11.3 Å². The van der Waals surface area contributed by atoms with Gasteiger partial charge in [-0.1, -0.05) is 20.3 Å². The molecule has 0 saturated carbocycles. The van der Waals surface area contributed by atoms with Gasteiger partial charge in [0.25, 0.3) is 0 Å². The molecule has 0 aromatic carbocycles. The minimum atomic E-state index is 0.769. The number of thiazole rings is 1. The molecule has 0 N–H and O–H groups in total. The molecule has 1 aromatic rings. The first kappa shape index (κ1) is 9.72. The first-order valence-corrected chi connectivity index (χ1v) is 5.38. The lowest BCUT2D eigenvalue weighted by atomic mass is 10.0. The molecule has 1 nitrogen and oxygen atoms in total.